The van der Waals surface area contributed by atoms with Crippen molar-refractivity contribution in [1.29, 1.82) is 0 Å². The molecule has 1 atom stereocenters. The first-order valence-electron chi connectivity index (χ1n) is 7.39. The van der Waals surface area contributed by atoms with Gasteiger partial charge in [0.25, 0.3) is 0 Å². The first-order chi connectivity index (χ1) is 9.52. The number of piperidine rings is 1. The summed E-state index contributed by atoms with van der Waals surface area (Å²) < 4.78 is 13.7. The molecule has 1 saturated heterocycles. The summed E-state index contributed by atoms with van der Waals surface area (Å²) in [4.78, 5) is 4.68. The van der Waals surface area contributed by atoms with Gasteiger partial charge in [0.1, 0.15) is 5.82 Å². The van der Waals surface area contributed by atoms with Gasteiger partial charge in [-0.05, 0) is 51.1 Å². The van der Waals surface area contributed by atoms with Gasteiger partial charge in [0.15, 0.2) is 0 Å². The fourth-order valence-electron chi connectivity index (χ4n) is 3.03. The average molecular weight is 279 g/mol. The lowest BCUT2D eigenvalue weighted by Gasteiger charge is -2.39. The van der Waals surface area contributed by atoms with Gasteiger partial charge in [-0.1, -0.05) is 12.1 Å². The molecule has 1 aromatic carbocycles. The zero-order valence-corrected chi connectivity index (χ0v) is 12.8. The largest absolute Gasteiger partial charge is 0.329 e. The molecule has 3 nitrogen and oxygen atoms in total. The lowest BCUT2D eigenvalue weighted by molar-refractivity contribution is 0.110. The minimum atomic E-state index is -0.135. The van der Waals surface area contributed by atoms with E-state index in [-0.39, 0.29) is 11.9 Å². The molecule has 1 aliphatic heterocycles. The average Bonchev–Trinajstić information content (AvgIpc) is 2.44. The minimum Gasteiger partial charge on any atom is -0.329 e. The summed E-state index contributed by atoms with van der Waals surface area (Å²) in [6.45, 7) is 4.38. The SMILES string of the molecule is Cc1ccc(C(CN)N2CCC(N(C)C)CC2)cc1F. The summed E-state index contributed by atoms with van der Waals surface area (Å²) >= 11 is 0. The monoisotopic (exact) mass is 279 g/mol. The molecule has 1 aromatic rings. The zero-order valence-electron chi connectivity index (χ0n) is 12.8. The van der Waals surface area contributed by atoms with E-state index in [0.717, 1.165) is 31.5 Å². The van der Waals surface area contributed by atoms with E-state index in [1.165, 1.54) is 0 Å². The van der Waals surface area contributed by atoms with Crippen molar-refractivity contribution >= 4 is 0 Å². The molecule has 1 aliphatic rings. The molecular formula is C16H26FN3. The molecule has 1 fully saturated rings. The third-order valence-corrected chi connectivity index (χ3v) is 4.47. The molecule has 0 aromatic heterocycles. The number of rotatable bonds is 4. The Morgan fingerprint density at radius 3 is 2.50 bits per heavy atom. The van der Waals surface area contributed by atoms with Crippen LogP contribution in [0.4, 0.5) is 4.39 Å². The normalized spacial score (nSPS) is 19.5. The van der Waals surface area contributed by atoms with Gasteiger partial charge in [-0.15, -0.1) is 0 Å². The standard InChI is InChI=1S/C16H26FN3/c1-12-4-5-13(10-15(12)17)16(11-18)20-8-6-14(7-9-20)19(2)3/h4-5,10,14,16H,6-9,11,18H2,1-3H3. The molecule has 0 spiro atoms. The smallest absolute Gasteiger partial charge is 0.126 e. The predicted octanol–water partition coefficient (Wildman–Crippen LogP) is 2.16. The molecule has 2 rings (SSSR count). The lowest BCUT2D eigenvalue weighted by atomic mass is 9.98. The Labute approximate surface area is 121 Å². The quantitative estimate of drug-likeness (QED) is 0.917. The van der Waals surface area contributed by atoms with Crippen molar-refractivity contribution in [2.75, 3.05) is 33.7 Å². The summed E-state index contributed by atoms with van der Waals surface area (Å²) in [7, 11) is 4.27. The van der Waals surface area contributed by atoms with E-state index in [1.54, 1.807) is 13.0 Å². The van der Waals surface area contributed by atoms with E-state index >= 15 is 0 Å². The summed E-state index contributed by atoms with van der Waals surface area (Å²) in [6, 6.07) is 6.28. The molecule has 0 bridgehead atoms. The van der Waals surface area contributed by atoms with Crippen LogP contribution >= 0.6 is 0 Å². The highest BCUT2D eigenvalue weighted by Crippen LogP contribution is 2.26. The van der Waals surface area contributed by atoms with Gasteiger partial charge >= 0.3 is 0 Å². The van der Waals surface area contributed by atoms with Crippen molar-refractivity contribution in [3.05, 3.63) is 35.1 Å². The van der Waals surface area contributed by atoms with Crippen LogP contribution in [0.2, 0.25) is 0 Å². The van der Waals surface area contributed by atoms with Crippen LogP contribution in [0.25, 0.3) is 0 Å². The fraction of sp³-hybridized carbons (Fsp3) is 0.625. The van der Waals surface area contributed by atoms with E-state index in [0.29, 0.717) is 18.2 Å². The Balaban J connectivity index is 2.07. The number of likely N-dealkylation sites (tertiary alicyclic amines) is 1. The van der Waals surface area contributed by atoms with E-state index in [1.807, 2.05) is 12.1 Å². The maximum absolute atomic E-state index is 13.7. The summed E-state index contributed by atoms with van der Waals surface area (Å²) in [5.74, 6) is -0.135. The van der Waals surface area contributed by atoms with Crippen LogP contribution in [0.15, 0.2) is 18.2 Å². The van der Waals surface area contributed by atoms with Crippen molar-refractivity contribution in [2.24, 2.45) is 5.73 Å². The van der Waals surface area contributed by atoms with Crippen LogP contribution in [0.3, 0.4) is 0 Å². The molecule has 2 N–H and O–H groups in total. The molecule has 20 heavy (non-hydrogen) atoms. The second kappa shape index (κ2) is 6.66. The van der Waals surface area contributed by atoms with Gasteiger partial charge in [0.2, 0.25) is 0 Å². The molecule has 0 saturated carbocycles. The second-order valence-corrected chi connectivity index (χ2v) is 5.99. The maximum atomic E-state index is 13.7. The fourth-order valence-corrected chi connectivity index (χ4v) is 3.03. The maximum Gasteiger partial charge on any atom is 0.126 e. The predicted molar refractivity (Wildman–Crippen MR) is 81.2 cm³/mol. The number of hydrogen-bond donors (Lipinski definition) is 1. The van der Waals surface area contributed by atoms with Crippen LogP contribution < -0.4 is 5.73 Å². The molecule has 4 heteroatoms. The highest BCUT2D eigenvalue weighted by atomic mass is 19.1. The van der Waals surface area contributed by atoms with Crippen LogP contribution in [-0.2, 0) is 0 Å². The van der Waals surface area contributed by atoms with Gasteiger partial charge in [0, 0.05) is 31.7 Å². The van der Waals surface area contributed by atoms with Crippen molar-refractivity contribution in [3.8, 4) is 0 Å². The lowest BCUT2D eigenvalue weighted by Crippen LogP contribution is -2.45. The van der Waals surface area contributed by atoms with Crippen molar-refractivity contribution in [1.82, 2.24) is 9.80 Å². The topological polar surface area (TPSA) is 32.5 Å². The summed E-state index contributed by atoms with van der Waals surface area (Å²) in [5, 5.41) is 0. The van der Waals surface area contributed by atoms with Gasteiger partial charge in [-0.2, -0.15) is 0 Å². The molecular weight excluding hydrogens is 253 g/mol. The van der Waals surface area contributed by atoms with Crippen LogP contribution in [-0.4, -0.2) is 49.6 Å². The van der Waals surface area contributed by atoms with Gasteiger partial charge in [-0.25, -0.2) is 4.39 Å². The Hall–Kier alpha value is -0.970. The third-order valence-electron chi connectivity index (χ3n) is 4.47. The Morgan fingerprint density at radius 2 is 2.00 bits per heavy atom. The zero-order chi connectivity index (χ0) is 14.7. The molecule has 1 unspecified atom stereocenters. The van der Waals surface area contributed by atoms with Crippen LogP contribution in [0.5, 0.6) is 0 Å². The number of nitrogens with two attached hydrogens (primary N) is 1. The Kier molecular flexibility index (Phi) is 5.13. The molecule has 0 amide bonds. The van der Waals surface area contributed by atoms with Crippen molar-refractivity contribution < 1.29 is 4.39 Å². The highest BCUT2D eigenvalue weighted by molar-refractivity contribution is 5.26. The van der Waals surface area contributed by atoms with Crippen LogP contribution in [0, 0.1) is 12.7 Å². The number of aryl methyl sites for hydroxylation is 1. The first kappa shape index (κ1) is 15.4. The molecule has 0 aliphatic carbocycles. The minimum absolute atomic E-state index is 0.133. The van der Waals surface area contributed by atoms with Gasteiger partial charge < -0.3 is 10.6 Å². The highest BCUT2D eigenvalue weighted by Gasteiger charge is 2.26. The number of halogens is 1. The van der Waals surface area contributed by atoms with Crippen molar-refractivity contribution in [3.63, 3.8) is 0 Å². The Morgan fingerprint density at radius 1 is 1.35 bits per heavy atom. The summed E-state index contributed by atoms with van der Waals surface area (Å²) in [6.07, 6.45) is 2.30. The molecule has 0 radical (unpaired) electrons. The van der Waals surface area contributed by atoms with E-state index in [2.05, 4.69) is 23.9 Å². The number of benzene rings is 1. The third kappa shape index (κ3) is 3.37. The van der Waals surface area contributed by atoms with Crippen LogP contribution in [0.1, 0.15) is 30.0 Å². The number of hydrogen-bond acceptors (Lipinski definition) is 3. The molecule has 1 heterocycles. The van der Waals surface area contributed by atoms with E-state index in [9.17, 15) is 4.39 Å². The summed E-state index contributed by atoms with van der Waals surface area (Å²) in [5.41, 5.74) is 7.63. The first-order valence-corrected chi connectivity index (χ1v) is 7.39. The molecule has 112 valence electrons. The second-order valence-electron chi connectivity index (χ2n) is 5.99. The van der Waals surface area contributed by atoms with E-state index in [4.69, 9.17) is 5.73 Å². The van der Waals surface area contributed by atoms with Crippen molar-refractivity contribution in [2.45, 2.75) is 31.8 Å². The van der Waals surface area contributed by atoms with Gasteiger partial charge in [0.05, 0.1) is 0 Å². The number of nitrogens with zero attached hydrogens (tertiary/aromatic N) is 2. The van der Waals surface area contributed by atoms with E-state index < -0.39 is 0 Å². The Bertz CT molecular complexity index is 439. The van der Waals surface area contributed by atoms with Gasteiger partial charge in [-0.3, -0.25) is 4.90 Å².